The van der Waals surface area contributed by atoms with E-state index in [1.54, 1.807) is 17.5 Å². The molecule has 0 aliphatic carbocycles. The summed E-state index contributed by atoms with van der Waals surface area (Å²) in [5, 5.41) is 4.42. The predicted molar refractivity (Wildman–Crippen MR) is 92.1 cm³/mol. The molecule has 0 bridgehead atoms. The zero-order valence-corrected chi connectivity index (χ0v) is 14.3. The summed E-state index contributed by atoms with van der Waals surface area (Å²) in [5.41, 5.74) is 4.12. The summed E-state index contributed by atoms with van der Waals surface area (Å²) in [4.78, 5) is 18.9. The van der Waals surface area contributed by atoms with Gasteiger partial charge in [0.05, 0.1) is 12.2 Å². The Bertz CT molecular complexity index is 778. The second-order valence-electron chi connectivity index (χ2n) is 5.44. The lowest BCUT2D eigenvalue weighted by Crippen LogP contribution is -2.15. The maximum absolute atomic E-state index is 4.64. The molecule has 0 unspecified atom stereocenters. The lowest BCUT2D eigenvalue weighted by Gasteiger charge is -2.05. The Labute approximate surface area is 139 Å². The van der Waals surface area contributed by atoms with Crippen LogP contribution in [-0.4, -0.2) is 19.9 Å². The predicted octanol–water partition coefficient (Wildman–Crippen LogP) is 3.21. The van der Waals surface area contributed by atoms with Gasteiger partial charge in [0.1, 0.15) is 10.8 Å². The van der Waals surface area contributed by atoms with Crippen molar-refractivity contribution in [1.82, 2.24) is 25.3 Å². The van der Waals surface area contributed by atoms with Crippen LogP contribution in [0.25, 0.3) is 10.6 Å². The van der Waals surface area contributed by atoms with Crippen molar-refractivity contribution in [2.24, 2.45) is 0 Å². The molecule has 23 heavy (non-hydrogen) atoms. The Hall–Kier alpha value is -2.18. The van der Waals surface area contributed by atoms with Crippen molar-refractivity contribution in [2.75, 3.05) is 0 Å². The van der Waals surface area contributed by atoms with Crippen molar-refractivity contribution in [3.63, 3.8) is 0 Å². The van der Waals surface area contributed by atoms with E-state index in [0.717, 1.165) is 40.0 Å². The molecule has 0 amide bonds. The topological polar surface area (TPSA) is 63.6 Å². The molecule has 0 aliphatic rings. The summed E-state index contributed by atoms with van der Waals surface area (Å²) in [5.74, 6) is 0.831. The van der Waals surface area contributed by atoms with Gasteiger partial charge in [-0.25, -0.2) is 15.0 Å². The third-order valence-electron chi connectivity index (χ3n) is 3.40. The summed E-state index contributed by atoms with van der Waals surface area (Å²) < 4.78 is 0. The Morgan fingerprint density at radius 2 is 1.83 bits per heavy atom. The Kier molecular flexibility index (Phi) is 4.73. The number of aryl methyl sites for hydroxylation is 3. The maximum atomic E-state index is 4.64. The van der Waals surface area contributed by atoms with Crippen molar-refractivity contribution >= 4 is 11.3 Å². The first-order valence-corrected chi connectivity index (χ1v) is 8.32. The van der Waals surface area contributed by atoms with Crippen LogP contribution in [-0.2, 0) is 13.1 Å². The molecule has 3 heterocycles. The largest absolute Gasteiger partial charge is 0.305 e. The molecule has 0 saturated carbocycles. The van der Waals surface area contributed by atoms with Gasteiger partial charge in [-0.1, -0.05) is 0 Å². The fourth-order valence-corrected chi connectivity index (χ4v) is 3.39. The van der Waals surface area contributed by atoms with E-state index in [1.807, 2.05) is 45.2 Å². The summed E-state index contributed by atoms with van der Waals surface area (Å²) in [7, 11) is 0. The van der Waals surface area contributed by atoms with Crippen LogP contribution >= 0.6 is 11.3 Å². The van der Waals surface area contributed by atoms with Crippen molar-refractivity contribution in [2.45, 2.75) is 33.9 Å². The quantitative estimate of drug-likeness (QED) is 0.780. The minimum absolute atomic E-state index is 0.655. The number of pyridine rings is 1. The van der Waals surface area contributed by atoms with Gasteiger partial charge in [-0.15, -0.1) is 11.3 Å². The SMILES string of the molecule is Cc1cc(C)nc(CNCc2sc(-c3cccnc3)nc2C)n1. The van der Waals surface area contributed by atoms with Crippen LogP contribution in [0.15, 0.2) is 30.6 Å². The van der Waals surface area contributed by atoms with Crippen molar-refractivity contribution in [3.8, 4) is 10.6 Å². The lowest BCUT2D eigenvalue weighted by atomic mass is 10.3. The first-order chi connectivity index (χ1) is 11.1. The first-order valence-electron chi connectivity index (χ1n) is 7.50. The van der Waals surface area contributed by atoms with Gasteiger partial charge >= 0.3 is 0 Å². The summed E-state index contributed by atoms with van der Waals surface area (Å²) in [6.45, 7) is 7.44. The summed E-state index contributed by atoms with van der Waals surface area (Å²) >= 11 is 1.70. The minimum Gasteiger partial charge on any atom is -0.305 e. The molecule has 0 aromatic carbocycles. The van der Waals surface area contributed by atoms with Gasteiger partial charge in [-0.3, -0.25) is 4.98 Å². The van der Waals surface area contributed by atoms with E-state index in [2.05, 4.69) is 25.3 Å². The highest BCUT2D eigenvalue weighted by atomic mass is 32.1. The van der Waals surface area contributed by atoms with E-state index in [1.165, 1.54) is 4.88 Å². The van der Waals surface area contributed by atoms with Gasteiger partial charge in [0, 0.05) is 40.8 Å². The minimum atomic E-state index is 0.655. The van der Waals surface area contributed by atoms with Crippen LogP contribution < -0.4 is 5.32 Å². The van der Waals surface area contributed by atoms with E-state index >= 15 is 0 Å². The lowest BCUT2D eigenvalue weighted by molar-refractivity contribution is 0.660. The van der Waals surface area contributed by atoms with E-state index in [0.29, 0.717) is 6.54 Å². The second-order valence-corrected chi connectivity index (χ2v) is 6.52. The Morgan fingerprint density at radius 1 is 1.04 bits per heavy atom. The van der Waals surface area contributed by atoms with Crippen molar-refractivity contribution in [1.29, 1.82) is 0 Å². The molecule has 0 fully saturated rings. The zero-order valence-electron chi connectivity index (χ0n) is 13.5. The number of hydrogen-bond acceptors (Lipinski definition) is 6. The van der Waals surface area contributed by atoms with Crippen molar-refractivity contribution in [3.05, 3.63) is 58.4 Å². The summed E-state index contributed by atoms with van der Waals surface area (Å²) in [6, 6.07) is 5.95. The molecule has 5 nitrogen and oxygen atoms in total. The molecule has 1 N–H and O–H groups in total. The molecule has 3 aromatic rings. The maximum Gasteiger partial charge on any atom is 0.142 e. The molecular formula is C17H19N5S. The third-order valence-corrected chi connectivity index (χ3v) is 4.60. The van der Waals surface area contributed by atoms with Crippen LogP contribution in [0.2, 0.25) is 0 Å². The molecule has 118 valence electrons. The fourth-order valence-electron chi connectivity index (χ4n) is 2.37. The Balaban J connectivity index is 1.66. The monoisotopic (exact) mass is 325 g/mol. The Morgan fingerprint density at radius 3 is 2.52 bits per heavy atom. The normalized spacial score (nSPS) is 10.9. The van der Waals surface area contributed by atoms with Gasteiger partial charge in [0.15, 0.2) is 0 Å². The molecule has 0 spiro atoms. The number of aromatic nitrogens is 4. The molecule has 6 heteroatoms. The second kappa shape index (κ2) is 6.93. The fraction of sp³-hybridized carbons (Fsp3) is 0.294. The van der Waals surface area contributed by atoms with E-state index < -0.39 is 0 Å². The van der Waals surface area contributed by atoms with Crippen LogP contribution in [0.4, 0.5) is 0 Å². The number of rotatable bonds is 5. The van der Waals surface area contributed by atoms with Gasteiger partial charge in [-0.2, -0.15) is 0 Å². The highest BCUT2D eigenvalue weighted by Gasteiger charge is 2.09. The van der Waals surface area contributed by atoms with Crippen LogP contribution in [0.3, 0.4) is 0 Å². The van der Waals surface area contributed by atoms with Crippen LogP contribution in [0.5, 0.6) is 0 Å². The molecule has 0 aliphatic heterocycles. The van der Waals surface area contributed by atoms with Gasteiger partial charge < -0.3 is 5.32 Å². The molecule has 0 saturated heterocycles. The number of thiazole rings is 1. The first kappa shape index (κ1) is 15.7. The van der Waals surface area contributed by atoms with Crippen LogP contribution in [0.1, 0.15) is 27.8 Å². The smallest absolute Gasteiger partial charge is 0.142 e. The standard InChI is InChI=1S/C17H19N5S/c1-11-7-12(2)21-16(20-11)10-19-9-15-13(3)22-17(23-15)14-5-4-6-18-8-14/h4-8,19H,9-10H2,1-3H3. The van der Waals surface area contributed by atoms with E-state index in [9.17, 15) is 0 Å². The highest BCUT2D eigenvalue weighted by Crippen LogP contribution is 2.27. The summed E-state index contributed by atoms with van der Waals surface area (Å²) in [6.07, 6.45) is 3.62. The van der Waals surface area contributed by atoms with Crippen molar-refractivity contribution < 1.29 is 0 Å². The van der Waals surface area contributed by atoms with Gasteiger partial charge in [-0.05, 0) is 39.0 Å². The van der Waals surface area contributed by atoms with Crippen LogP contribution in [0, 0.1) is 20.8 Å². The van der Waals surface area contributed by atoms with Gasteiger partial charge in [0.25, 0.3) is 0 Å². The van der Waals surface area contributed by atoms with E-state index in [-0.39, 0.29) is 0 Å². The average Bonchev–Trinajstić information content (AvgIpc) is 2.89. The molecule has 0 radical (unpaired) electrons. The number of nitrogens with zero attached hydrogens (tertiary/aromatic N) is 4. The van der Waals surface area contributed by atoms with Gasteiger partial charge in [0.2, 0.25) is 0 Å². The third kappa shape index (κ3) is 3.97. The molecule has 3 rings (SSSR count). The highest BCUT2D eigenvalue weighted by molar-refractivity contribution is 7.15. The zero-order chi connectivity index (χ0) is 16.2. The molecule has 3 aromatic heterocycles. The molecule has 0 atom stereocenters. The molecular weight excluding hydrogens is 306 g/mol. The number of nitrogens with one attached hydrogen (secondary N) is 1. The number of hydrogen-bond donors (Lipinski definition) is 1. The van der Waals surface area contributed by atoms with E-state index in [4.69, 9.17) is 0 Å². The average molecular weight is 325 g/mol.